The van der Waals surface area contributed by atoms with Crippen LogP contribution < -0.4 is 16.4 Å². The second kappa shape index (κ2) is 4.76. The molecule has 0 aromatic rings. The van der Waals surface area contributed by atoms with Crippen LogP contribution in [0.4, 0.5) is 4.79 Å². The number of hydrogen-bond donors (Lipinski definition) is 3. The standard InChI is InChI=1S/C13H24N4O2/c1-12(2,14)8-17-6-4-9(5-7-17)13(3)10(18)15-11(19)16-13/h9H,4-8,14H2,1-3H3,(H2,15,16,18,19). The van der Waals surface area contributed by atoms with Crippen LogP contribution in [0.25, 0.3) is 0 Å². The molecule has 1 atom stereocenters. The van der Waals surface area contributed by atoms with Crippen molar-refractivity contribution in [3.8, 4) is 0 Å². The van der Waals surface area contributed by atoms with Gasteiger partial charge in [0, 0.05) is 12.1 Å². The van der Waals surface area contributed by atoms with E-state index >= 15 is 0 Å². The van der Waals surface area contributed by atoms with E-state index in [4.69, 9.17) is 5.73 Å². The second-order valence-corrected chi connectivity index (χ2v) is 6.65. The van der Waals surface area contributed by atoms with Gasteiger partial charge in [-0.2, -0.15) is 0 Å². The highest BCUT2D eigenvalue weighted by Crippen LogP contribution is 2.30. The summed E-state index contributed by atoms with van der Waals surface area (Å²) in [5.41, 5.74) is 5.08. The molecule has 6 nitrogen and oxygen atoms in total. The molecule has 2 fully saturated rings. The number of imide groups is 1. The zero-order valence-corrected chi connectivity index (χ0v) is 12.0. The van der Waals surface area contributed by atoms with E-state index < -0.39 is 5.54 Å². The van der Waals surface area contributed by atoms with Gasteiger partial charge in [-0.05, 0) is 52.6 Å². The van der Waals surface area contributed by atoms with E-state index in [9.17, 15) is 9.59 Å². The highest BCUT2D eigenvalue weighted by Gasteiger charge is 2.48. The minimum Gasteiger partial charge on any atom is -0.324 e. The Morgan fingerprint density at radius 3 is 2.37 bits per heavy atom. The van der Waals surface area contributed by atoms with Crippen LogP contribution in [0, 0.1) is 5.92 Å². The van der Waals surface area contributed by atoms with Crippen LogP contribution >= 0.6 is 0 Å². The molecular weight excluding hydrogens is 244 g/mol. The molecule has 19 heavy (non-hydrogen) atoms. The molecule has 3 amide bonds. The van der Waals surface area contributed by atoms with E-state index in [2.05, 4.69) is 15.5 Å². The van der Waals surface area contributed by atoms with Gasteiger partial charge in [-0.25, -0.2) is 4.79 Å². The molecule has 0 aliphatic carbocycles. The zero-order valence-electron chi connectivity index (χ0n) is 12.0. The van der Waals surface area contributed by atoms with Gasteiger partial charge in [0.05, 0.1) is 0 Å². The van der Waals surface area contributed by atoms with E-state index in [0.717, 1.165) is 32.5 Å². The monoisotopic (exact) mass is 268 g/mol. The Bertz CT molecular complexity index is 383. The Balaban J connectivity index is 1.93. The van der Waals surface area contributed by atoms with Gasteiger partial charge in [0.1, 0.15) is 5.54 Å². The van der Waals surface area contributed by atoms with Crippen molar-refractivity contribution in [1.82, 2.24) is 15.5 Å². The van der Waals surface area contributed by atoms with Crippen molar-refractivity contribution >= 4 is 11.9 Å². The number of likely N-dealkylation sites (tertiary alicyclic amines) is 1. The predicted molar refractivity (Wildman–Crippen MR) is 72.5 cm³/mol. The van der Waals surface area contributed by atoms with Crippen LogP contribution in [0.5, 0.6) is 0 Å². The largest absolute Gasteiger partial charge is 0.324 e. The van der Waals surface area contributed by atoms with E-state index in [1.165, 1.54) is 0 Å². The van der Waals surface area contributed by atoms with Gasteiger partial charge in [-0.3, -0.25) is 10.1 Å². The van der Waals surface area contributed by atoms with Gasteiger partial charge in [-0.15, -0.1) is 0 Å². The summed E-state index contributed by atoms with van der Waals surface area (Å²) in [6.45, 7) is 8.56. The van der Waals surface area contributed by atoms with Crippen molar-refractivity contribution in [3.63, 3.8) is 0 Å². The number of urea groups is 1. The minimum atomic E-state index is -0.749. The summed E-state index contributed by atoms with van der Waals surface area (Å²) in [5, 5.41) is 5.10. The highest BCUT2D eigenvalue weighted by atomic mass is 16.2. The zero-order chi connectivity index (χ0) is 14.3. The Labute approximate surface area is 114 Å². The van der Waals surface area contributed by atoms with Gasteiger partial charge < -0.3 is 16.0 Å². The molecule has 2 aliphatic heterocycles. The Hall–Kier alpha value is -1.14. The smallest absolute Gasteiger partial charge is 0.322 e. The summed E-state index contributed by atoms with van der Waals surface area (Å²) in [6, 6.07) is -0.377. The fourth-order valence-electron chi connectivity index (χ4n) is 3.09. The maximum atomic E-state index is 11.9. The van der Waals surface area contributed by atoms with Gasteiger partial charge in [0.15, 0.2) is 0 Å². The molecule has 4 N–H and O–H groups in total. The van der Waals surface area contributed by atoms with E-state index in [0.29, 0.717) is 0 Å². The third-order valence-corrected chi connectivity index (χ3v) is 4.11. The first-order valence-electron chi connectivity index (χ1n) is 6.85. The van der Waals surface area contributed by atoms with Crippen molar-refractivity contribution in [2.75, 3.05) is 19.6 Å². The normalized spacial score (nSPS) is 30.3. The Morgan fingerprint density at radius 2 is 1.95 bits per heavy atom. The van der Waals surface area contributed by atoms with Gasteiger partial charge >= 0.3 is 6.03 Å². The predicted octanol–water partition coefficient (Wildman–Crippen LogP) is 0.0338. The third-order valence-electron chi connectivity index (χ3n) is 4.11. The van der Waals surface area contributed by atoms with Crippen molar-refractivity contribution in [3.05, 3.63) is 0 Å². The van der Waals surface area contributed by atoms with E-state index in [1.54, 1.807) is 0 Å². The molecule has 2 aliphatic rings. The average Bonchev–Trinajstić information content (AvgIpc) is 2.52. The molecular formula is C13H24N4O2. The lowest BCUT2D eigenvalue weighted by atomic mass is 9.79. The van der Waals surface area contributed by atoms with Crippen molar-refractivity contribution in [2.24, 2.45) is 11.7 Å². The first kappa shape index (κ1) is 14.3. The Morgan fingerprint density at radius 1 is 1.37 bits per heavy atom. The van der Waals surface area contributed by atoms with Crippen LogP contribution in [0.15, 0.2) is 0 Å². The van der Waals surface area contributed by atoms with Crippen LogP contribution in [0.3, 0.4) is 0 Å². The third kappa shape index (κ3) is 3.06. The highest BCUT2D eigenvalue weighted by molar-refractivity contribution is 6.06. The summed E-state index contributed by atoms with van der Waals surface area (Å²) in [6.07, 6.45) is 1.81. The van der Waals surface area contributed by atoms with Gasteiger partial charge in [0.25, 0.3) is 5.91 Å². The maximum Gasteiger partial charge on any atom is 0.322 e. The molecule has 6 heteroatoms. The fourth-order valence-corrected chi connectivity index (χ4v) is 3.09. The number of nitrogens with zero attached hydrogens (tertiary/aromatic N) is 1. The van der Waals surface area contributed by atoms with Crippen LogP contribution in [-0.2, 0) is 4.79 Å². The van der Waals surface area contributed by atoms with Crippen molar-refractivity contribution in [1.29, 1.82) is 0 Å². The molecule has 0 radical (unpaired) electrons. The summed E-state index contributed by atoms with van der Waals surface area (Å²) in [5.74, 6) is -0.00816. The molecule has 0 aromatic carbocycles. The number of nitrogens with one attached hydrogen (secondary N) is 2. The topological polar surface area (TPSA) is 87.5 Å². The van der Waals surface area contributed by atoms with Gasteiger partial charge in [-0.1, -0.05) is 0 Å². The van der Waals surface area contributed by atoms with Crippen molar-refractivity contribution < 1.29 is 9.59 Å². The number of hydrogen-bond acceptors (Lipinski definition) is 4. The molecule has 0 spiro atoms. The number of nitrogens with two attached hydrogens (primary N) is 1. The summed E-state index contributed by atoms with van der Waals surface area (Å²) >= 11 is 0. The SMILES string of the molecule is CC(C)(N)CN1CCC(C2(C)NC(=O)NC2=O)CC1. The van der Waals surface area contributed by atoms with Gasteiger partial charge in [0.2, 0.25) is 0 Å². The molecule has 2 saturated heterocycles. The van der Waals surface area contributed by atoms with E-state index in [-0.39, 0.29) is 23.4 Å². The molecule has 2 heterocycles. The number of rotatable bonds is 3. The second-order valence-electron chi connectivity index (χ2n) is 6.65. The molecule has 0 saturated carbocycles. The number of carbonyl (C=O) groups excluding carboxylic acids is 2. The van der Waals surface area contributed by atoms with Crippen LogP contribution in [0.1, 0.15) is 33.6 Å². The summed E-state index contributed by atoms with van der Waals surface area (Å²) < 4.78 is 0. The summed E-state index contributed by atoms with van der Waals surface area (Å²) in [4.78, 5) is 25.5. The molecule has 1 unspecified atom stereocenters. The van der Waals surface area contributed by atoms with Crippen LogP contribution in [-0.4, -0.2) is 47.6 Å². The van der Waals surface area contributed by atoms with E-state index in [1.807, 2.05) is 20.8 Å². The lowest BCUT2D eigenvalue weighted by Crippen LogP contribution is -2.55. The lowest BCUT2D eigenvalue weighted by molar-refractivity contribution is -0.125. The van der Waals surface area contributed by atoms with Crippen LogP contribution in [0.2, 0.25) is 0 Å². The Kier molecular flexibility index (Phi) is 3.57. The molecule has 0 aromatic heterocycles. The fraction of sp³-hybridized carbons (Fsp3) is 0.846. The molecule has 2 rings (SSSR count). The number of piperidine rings is 1. The maximum absolute atomic E-state index is 11.9. The number of amides is 3. The molecule has 108 valence electrons. The lowest BCUT2D eigenvalue weighted by Gasteiger charge is -2.40. The van der Waals surface area contributed by atoms with Crippen molar-refractivity contribution in [2.45, 2.75) is 44.7 Å². The first-order valence-corrected chi connectivity index (χ1v) is 6.85. The first-order chi connectivity index (χ1) is 8.71. The summed E-state index contributed by atoms with van der Waals surface area (Å²) in [7, 11) is 0. The molecule has 0 bridgehead atoms. The minimum absolute atomic E-state index is 0.191. The number of carbonyl (C=O) groups is 2. The quantitative estimate of drug-likeness (QED) is 0.630. The average molecular weight is 268 g/mol.